The van der Waals surface area contributed by atoms with Gasteiger partial charge < -0.3 is 19.7 Å². The molecule has 150 valence electrons. The standard InChI is InChI=1S/C22H28N2O4/c1-15-12-16(2)22(17(3)13-15)23-21(26)14-24(18(4)25)10-11-28-20-8-6-19(27-5)7-9-20/h6-9,12-13H,10-11,14H2,1-5H3,(H,23,26). The van der Waals surface area contributed by atoms with Gasteiger partial charge >= 0.3 is 0 Å². The molecule has 0 radical (unpaired) electrons. The fraction of sp³-hybridized carbons (Fsp3) is 0.364. The lowest BCUT2D eigenvalue weighted by Gasteiger charge is -2.21. The van der Waals surface area contributed by atoms with E-state index in [9.17, 15) is 9.59 Å². The van der Waals surface area contributed by atoms with E-state index in [1.807, 2.05) is 32.9 Å². The van der Waals surface area contributed by atoms with Crippen LogP contribution in [0.15, 0.2) is 36.4 Å². The molecule has 2 rings (SSSR count). The summed E-state index contributed by atoms with van der Waals surface area (Å²) in [4.78, 5) is 25.8. The molecule has 0 aliphatic rings. The highest BCUT2D eigenvalue weighted by Gasteiger charge is 2.15. The summed E-state index contributed by atoms with van der Waals surface area (Å²) in [6.45, 7) is 7.98. The number of hydrogen-bond donors (Lipinski definition) is 1. The zero-order valence-electron chi connectivity index (χ0n) is 17.2. The van der Waals surface area contributed by atoms with Gasteiger partial charge in [-0.1, -0.05) is 17.7 Å². The second-order valence-electron chi connectivity index (χ2n) is 6.79. The molecular weight excluding hydrogens is 356 g/mol. The van der Waals surface area contributed by atoms with E-state index in [1.54, 1.807) is 31.4 Å². The Bertz CT molecular complexity index is 808. The van der Waals surface area contributed by atoms with Gasteiger partial charge in [0.25, 0.3) is 0 Å². The van der Waals surface area contributed by atoms with Gasteiger partial charge in [0.15, 0.2) is 0 Å². The van der Waals surface area contributed by atoms with Crippen molar-refractivity contribution in [2.45, 2.75) is 27.7 Å². The minimum atomic E-state index is -0.227. The maximum Gasteiger partial charge on any atom is 0.244 e. The maximum absolute atomic E-state index is 12.5. The van der Waals surface area contributed by atoms with Gasteiger partial charge in [0, 0.05) is 12.6 Å². The lowest BCUT2D eigenvalue weighted by molar-refractivity contribution is -0.133. The van der Waals surface area contributed by atoms with Crippen molar-refractivity contribution in [1.29, 1.82) is 0 Å². The van der Waals surface area contributed by atoms with Crippen LogP contribution in [0.5, 0.6) is 11.5 Å². The van der Waals surface area contributed by atoms with E-state index in [4.69, 9.17) is 9.47 Å². The van der Waals surface area contributed by atoms with E-state index in [-0.39, 0.29) is 18.4 Å². The van der Waals surface area contributed by atoms with E-state index < -0.39 is 0 Å². The first-order valence-corrected chi connectivity index (χ1v) is 9.20. The van der Waals surface area contributed by atoms with Crippen molar-refractivity contribution in [3.05, 3.63) is 53.1 Å². The van der Waals surface area contributed by atoms with E-state index in [0.29, 0.717) is 18.9 Å². The number of benzene rings is 2. The molecule has 28 heavy (non-hydrogen) atoms. The molecule has 0 saturated carbocycles. The molecule has 2 aromatic carbocycles. The Morgan fingerprint density at radius 3 is 2.11 bits per heavy atom. The molecule has 6 nitrogen and oxygen atoms in total. The first-order chi connectivity index (χ1) is 13.3. The summed E-state index contributed by atoms with van der Waals surface area (Å²) in [6, 6.07) is 11.2. The molecule has 0 spiro atoms. The number of hydrogen-bond acceptors (Lipinski definition) is 4. The van der Waals surface area contributed by atoms with Gasteiger partial charge in [0.2, 0.25) is 11.8 Å². The molecule has 1 N–H and O–H groups in total. The van der Waals surface area contributed by atoms with Crippen molar-refractivity contribution < 1.29 is 19.1 Å². The SMILES string of the molecule is COc1ccc(OCCN(CC(=O)Nc2c(C)cc(C)cc2C)C(C)=O)cc1. The topological polar surface area (TPSA) is 67.9 Å². The van der Waals surface area contributed by atoms with Crippen molar-refractivity contribution in [2.75, 3.05) is 32.1 Å². The smallest absolute Gasteiger partial charge is 0.244 e. The molecule has 0 unspecified atom stereocenters. The summed E-state index contributed by atoms with van der Waals surface area (Å²) in [5, 5.41) is 2.92. The predicted octanol–water partition coefficient (Wildman–Crippen LogP) is 3.49. The number of amides is 2. The van der Waals surface area contributed by atoms with Gasteiger partial charge in [-0.05, 0) is 56.2 Å². The molecule has 2 amide bonds. The van der Waals surface area contributed by atoms with Crippen LogP contribution in [0.4, 0.5) is 5.69 Å². The predicted molar refractivity (Wildman–Crippen MR) is 110 cm³/mol. The van der Waals surface area contributed by atoms with Crippen LogP contribution in [0, 0.1) is 20.8 Å². The Kier molecular flexibility index (Phi) is 7.44. The average Bonchev–Trinajstić information content (AvgIpc) is 2.64. The number of carbonyl (C=O) groups is 2. The number of aryl methyl sites for hydroxylation is 3. The Labute approximate surface area is 166 Å². The lowest BCUT2D eigenvalue weighted by Crippen LogP contribution is -2.39. The Morgan fingerprint density at radius 2 is 1.57 bits per heavy atom. The van der Waals surface area contributed by atoms with Crippen LogP contribution >= 0.6 is 0 Å². The fourth-order valence-electron chi connectivity index (χ4n) is 3.02. The first-order valence-electron chi connectivity index (χ1n) is 9.20. The largest absolute Gasteiger partial charge is 0.497 e. The molecule has 6 heteroatoms. The lowest BCUT2D eigenvalue weighted by atomic mass is 10.1. The van der Waals surface area contributed by atoms with E-state index in [1.165, 1.54) is 11.8 Å². The normalized spacial score (nSPS) is 10.3. The highest BCUT2D eigenvalue weighted by molar-refractivity contribution is 5.95. The number of anilines is 1. The third-order valence-corrected chi connectivity index (χ3v) is 4.41. The molecule has 0 saturated heterocycles. The molecule has 0 aliphatic carbocycles. The van der Waals surface area contributed by atoms with Crippen molar-refractivity contribution in [2.24, 2.45) is 0 Å². The average molecular weight is 384 g/mol. The summed E-state index contributed by atoms with van der Waals surface area (Å²) >= 11 is 0. The number of methoxy groups -OCH3 is 1. The first kappa shape index (κ1) is 21.3. The van der Waals surface area contributed by atoms with Crippen LogP contribution in [-0.4, -0.2) is 43.5 Å². The second-order valence-corrected chi connectivity index (χ2v) is 6.79. The quantitative estimate of drug-likeness (QED) is 0.757. The molecule has 0 bridgehead atoms. The molecule has 0 atom stereocenters. The zero-order valence-corrected chi connectivity index (χ0v) is 17.2. The molecule has 0 aromatic heterocycles. The Hall–Kier alpha value is -3.02. The van der Waals surface area contributed by atoms with Crippen molar-refractivity contribution in [3.63, 3.8) is 0 Å². The summed E-state index contributed by atoms with van der Waals surface area (Å²) in [5.41, 5.74) is 3.95. The van der Waals surface area contributed by atoms with Crippen LogP contribution in [0.1, 0.15) is 23.6 Å². The number of ether oxygens (including phenoxy) is 2. The summed E-state index contributed by atoms with van der Waals surface area (Å²) in [5.74, 6) is 1.02. The molecule has 0 fully saturated rings. The number of rotatable bonds is 8. The van der Waals surface area contributed by atoms with E-state index >= 15 is 0 Å². The van der Waals surface area contributed by atoms with Crippen LogP contribution in [0.25, 0.3) is 0 Å². The maximum atomic E-state index is 12.5. The fourth-order valence-corrected chi connectivity index (χ4v) is 3.02. The van der Waals surface area contributed by atoms with Gasteiger partial charge in [-0.3, -0.25) is 9.59 Å². The number of nitrogens with one attached hydrogen (secondary N) is 1. The third kappa shape index (κ3) is 6.01. The monoisotopic (exact) mass is 384 g/mol. The number of carbonyl (C=O) groups excluding carboxylic acids is 2. The molecular formula is C22H28N2O4. The summed E-state index contributed by atoms with van der Waals surface area (Å²) in [7, 11) is 1.60. The van der Waals surface area contributed by atoms with Gasteiger partial charge in [-0.25, -0.2) is 0 Å². The third-order valence-electron chi connectivity index (χ3n) is 4.41. The van der Waals surface area contributed by atoms with Gasteiger partial charge in [-0.2, -0.15) is 0 Å². The zero-order chi connectivity index (χ0) is 20.7. The second kappa shape index (κ2) is 9.78. The Morgan fingerprint density at radius 1 is 1.00 bits per heavy atom. The number of nitrogens with zero attached hydrogens (tertiary/aromatic N) is 1. The van der Waals surface area contributed by atoms with E-state index in [0.717, 1.165) is 28.1 Å². The minimum Gasteiger partial charge on any atom is -0.497 e. The highest BCUT2D eigenvalue weighted by atomic mass is 16.5. The van der Waals surface area contributed by atoms with Crippen molar-refractivity contribution >= 4 is 17.5 Å². The molecule has 2 aromatic rings. The summed E-state index contributed by atoms with van der Waals surface area (Å²) in [6.07, 6.45) is 0. The Balaban J connectivity index is 1.91. The molecule has 0 aliphatic heterocycles. The van der Waals surface area contributed by atoms with Gasteiger partial charge in [-0.15, -0.1) is 0 Å². The van der Waals surface area contributed by atoms with Crippen LogP contribution in [-0.2, 0) is 9.59 Å². The van der Waals surface area contributed by atoms with E-state index in [2.05, 4.69) is 5.32 Å². The van der Waals surface area contributed by atoms with Crippen molar-refractivity contribution in [1.82, 2.24) is 4.90 Å². The van der Waals surface area contributed by atoms with Crippen LogP contribution in [0.2, 0.25) is 0 Å². The highest BCUT2D eigenvalue weighted by Crippen LogP contribution is 2.22. The minimum absolute atomic E-state index is 0.0198. The van der Waals surface area contributed by atoms with Gasteiger partial charge in [0.1, 0.15) is 18.1 Å². The van der Waals surface area contributed by atoms with Crippen LogP contribution in [0.3, 0.4) is 0 Å². The van der Waals surface area contributed by atoms with Crippen molar-refractivity contribution in [3.8, 4) is 11.5 Å². The van der Waals surface area contributed by atoms with Crippen LogP contribution < -0.4 is 14.8 Å². The summed E-state index contributed by atoms with van der Waals surface area (Å²) < 4.78 is 10.8. The van der Waals surface area contributed by atoms with Gasteiger partial charge in [0.05, 0.1) is 20.2 Å². The molecule has 0 heterocycles.